The van der Waals surface area contributed by atoms with Gasteiger partial charge in [0.1, 0.15) is 5.75 Å². The molecule has 7 nitrogen and oxygen atoms in total. The van der Waals surface area contributed by atoms with Gasteiger partial charge in [0.15, 0.2) is 0 Å². The standard InChI is InChI=1S/C28H31NO6S/c1-2-29(36(33,34)26-12-4-3-5-13-26)24-11-8-9-22(21-24)15-17-25(30)19-20-35-27-14-7-6-10-23(27)16-18-28(31)32/h3-15,17,21,25,30H,2,16,18-20H2,1H3,(H,31,32)/b17-15+/t25-/m0/s1. The molecule has 8 heteroatoms. The van der Waals surface area contributed by atoms with Crippen LogP contribution in [0, 0.1) is 0 Å². The summed E-state index contributed by atoms with van der Waals surface area (Å²) >= 11 is 0. The van der Waals surface area contributed by atoms with E-state index >= 15 is 0 Å². The average Bonchev–Trinajstić information content (AvgIpc) is 2.88. The molecule has 0 fully saturated rings. The lowest BCUT2D eigenvalue weighted by molar-refractivity contribution is -0.136. The molecule has 0 unspecified atom stereocenters. The van der Waals surface area contributed by atoms with E-state index in [1.54, 1.807) is 73.7 Å². The number of para-hydroxylation sites is 1. The van der Waals surface area contributed by atoms with Gasteiger partial charge < -0.3 is 14.9 Å². The Morgan fingerprint density at radius 2 is 1.75 bits per heavy atom. The van der Waals surface area contributed by atoms with Gasteiger partial charge in [0.25, 0.3) is 10.0 Å². The minimum absolute atomic E-state index is 0.0207. The first-order valence-electron chi connectivity index (χ1n) is 11.8. The van der Waals surface area contributed by atoms with E-state index in [4.69, 9.17) is 9.84 Å². The van der Waals surface area contributed by atoms with Gasteiger partial charge in [0, 0.05) is 19.4 Å². The number of carbonyl (C=O) groups is 1. The molecule has 0 spiro atoms. The molecular weight excluding hydrogens is 478 g/mol. The molecule has 0 saturated carbocycles. The Kier molecular flexibility index (Phi) is 9.67. The number of hydrogen-bond donors (Lipinski definition) is 2. The second kappa shape index (κ2) is 12.9. The maximum Gasteiger partial charge on any atom is 0.303 e. The lowest BCUT2D eigenvalue weighted by atomic mass is 10.1. The number of rotatable bonds is 13. The molecule has 0 aliphatic rings. The van der Waals surface area contributed by atoms with E-state index in [0.717, 1.165) is 11.1 Å². The van der Waals surface area contributed by atoms with Gasteiger partial charge in [0.05, 0.1) is 23.3 Å². The zero-order valence-electron chi connectivity index (χ0n) is 20.2. The molecule has 0 saturated heterocycles. The lowest BCUT2D eigenvalue weighted by Gasteiger charge is -2.23. The predicted octanol–water partition coefficient (Wildman–Crippen LogP) is 4.76. The van der Waals surface area contributed by atoms with Crippen molar-refractivity contribution >= 4 is 27.8 Å². The number of carboxylic acids is 1. The predicted molar refractivity (Wildman–Crippen MR) is 141 cm³/mol. The molecule has 0 amide bonds. The molecule has 190 valence electrons. The Hall–Kier alpha value is -3.62. The van der Waals surface area contributed by atoms with Gasteiger partial charge in [-0.25, -0.2) is 8.42 Å². The Labute approximate surface area is 212 Å². The summed E-state index contributed by atoms with van der Waals surface area (Å²) in [5.74, 6) is -0.254. The van der Waals surface area contributed by atoms with E-state index in [1.807, 2.05) is 24.3 Å². The van der Waals surface area contributed by atoms with Crippen LogP contribution in [0.4, 0.5) is 5.69 Å². The fourth-order valence-corrected chi connectivity index (χ4v) is 5.18. The summed E-state index contributed by atoms with van der Waals surface area (Å²) in [5, 5.41) is 19.3. The number of benzene rings is 3. The average molecular weight is 510 g/mol. The molecule has 0 aromatic heterocycles. The summed E-state index contributed by atoms with van der Waals surface area (Å²) in [7, 11) is -3.69. The van der Waals surface area contributed by atoms with Gasteiger partial charge in [-0.1, -0.05) is 60.7 Å². The molecule has 2 N–H and O–H groups in total. The summed E-state index contributed by atoms with van der Waals surface area (Å²) < 4.78 is 33.3. The Morgan fingerprint density at radius 1 is 1.03 bits per heavy atom. The van der Waals surface area contributed by atoms with Gasteiger partial charge >= 0.3 is 5.97 Å². The molecule has 3 rings (SSSR count). The van der Waals surface area contributed by atoms with Gasteiger partial charge in [-0.3, -0.25) is 9.10 Å². The van der Waals surface area contributed by atoms with Crippen molar-refractivity contribution in [3.8, 4) is 5.75 Å². The first-order valence-corrected chi connectivity index (χ1v) is 13.2. The molecule has 36 heavy (non-hydrogen) atoms. The van der Waals surface area contributed by atoms with Crippen molar-refractivity contribution in [1.29, 1.82) is 0 Å². The first-order chi connectivity index (χ1) is 17.3. The normalized spacial score (nSPS) is 12.4. The summed E-state index contributed by atoms with van der Waals surface area (Å²) in [4.78, 5) is 11.1. The van der Waals surface area contributed by atoms with Crippen molar-refractivity contribution < 1.29 is 28.2 Å². The minimum Gasteiger partial charge on any atom is -0.493 e. The lowest BCUT2D eigenvalue weighted by Crippen LogP contribution is -2.30. The summed E-state index contributed by atoms with van der Waals surface area (Å²) in [5.41, 5.74) is 2.11. The van der Waals surface area contributed by atoms with Gasteiger partial charge in [-0.2, -0.15) is 0 Å². The van der Waals surface area contributed by atoms with Crippen molar-refractivity contribution in [3.63, 3.8) is 0 Å². The van der Waals surface area contributed by atoms with E-state index in [2.05, 4.69) is 0 Å². The number of hydrogen-bond acceptors (Lipinski definition) is 5. The highest BCUT2D eigenvalue weighted by molar-refractivity contribution is 7.92. The third kappa shape index (κ3) is 7.44. The quantitative estimate of drug-likeness (QED) is 0.344. The van der Waals surface area contributed by atoms with Crippen LogP contribution in [0.3, 0.4) is 0 Å². The fourth-order valence-electron chi connectivity index (χ4n) is 3.70. The topological polar surface area (TPSA) is 104 Å². The maximum absolute atomic E-state index is 13.1. The maximum atomic E-state index is 13.1. The zero-order chi connectivity index (χ0) is 26.0. The summed E-state index contributed by atoms with van der Waals surface area (Å²) in [6.45, 7) is 2.32. The summed E-state index contributed by atoms with van der Waals surface area (Å²) in [6.07, 6.45) is 3.35. The highest BCUT2D eigenvalue weighted by Gasteiger charge is 2.23. The van der Waals surface area contributed by atoms with E-state index in [0.29, 0.717) is 24.3 Å². The molecule has 3 aromatic carbocycles. The number of ether oxygens (including phenoxy) is 1. The Bertz CT molecular complexity index is 1270. The van der Waals surface area contributed by atoms with Crippen LogP contribution in [0.25, 0.3) is 6.08 Å². The van der Waals surface area contributed by atoms with Crippen LogP contribution in [0.2, 0.25) is 0 Å². The van der Waals surface area contributed by atoms with Crippen molar-refractivity contribution in [2.75, 3.05) is 17.5 Å². The largest absolute Gasteiger partial charge is 0.493 e. The highest BCUT2D eigenvalue weighted by atomic mass is 32.2. The van der Waals surface area contributed by atoms with Crippen LogP contribution >= 0.6 is 0 Å². The molecule has 0 radical (unpaired) electrons. The number of anilines is 1. The molecule has 0 bridgehead atoms. The zero-order valence-corrected chi connectivity index (χ0v) is 21.0. The van der Waals surface area contributed by atoms with Crippen LogP contribution < -0.4 is 9.04 Å². The third-order valence-corrected chi connectivity index (χ3v) is 7.46. The van der Waals surface area contributed by atoms with Gasteiger partial charge in [-0.15, -0.1) is 0 Å². The van der Waals surface area contributed by atoms with Gasteiger partial charge in [0.2, 0.25) is 0 Å². The third-order valence-electron chi connectivity index (χ3n) is 5.54. The van der Waals surface area contributed by atoms with Crippen molar-refractivity contribution in [2.24, 2.45) is 0 Å². The Balaban J connectivity index is 1.61. The smallest absolute Gasteiger partial charge is 0.303 e. The van der Waals surface area contributed by atoms with Crippen molar-refractivity contribution in [2.45, 2.75) is 37.2 Å². The molecule has 1 atom stereocenters. The number of sulfonamides is 1. The molecular formula is C28H31NO6S. The summed E-state index contributed by atoms with van der Waals surface area (Å²) in [6, 6.07) is 22.7. The van der Waals surface area contributed by atoms with E-state index in [-0.39, 0.29) is 24.5 Å². The molecule has 3 aromatic rings. The fraction of sp³-hybridized carbons (Fsp3) is 0.250. The van der Waals surface area contributed by atoms with Gasteiger partial charge in [-0.05, 0) is 54.8 Å². The number of carboxylic acid groups (broad SMARTS) is 1. The SMILES string of the molecule is CCN(c1cccc(/C=C/[C@H](O)CCOc2ccccc2CCC(=O)O)c1)S(=O)(=O)c1ccccc1. The molecule has 0 heterocycles. The Morgan fingerprint density at radius 3 is 2.47 bits per heavy atom. The van der Waals surface area contributed by atoms with Crippen LogP contribution in [0.5, 0.6) is 5.75 Å². The van der Waals surface area contributed by atoms with Crippen molar-refractivity contribution in [1.82, 2.24) is 0 Å². The number of aliphatic hydroxyl groups excluding tert-OH is 1. The number of aryl methyl sites for hydroxylation is 1. The van der Waals surface area contributed by atoms with E-state index in [1.165, 1.54) is 4.31 Å². The second-order valence-electron chi connectivity index (χ2n) is 8.14. The minimum atomic E-state index is -3.69. The van der Waals surface area contributed by atoms with Crippen LogP contribution in [-0.2, 0) is 21.2 Å². The second-order valence-corrected chi connectivity index (χ2v) is 10.0. The molecule has 0 aliphatic heterocycles. The van der Waals surface area contributed by atoms with Crippen molar-refractivity contribution in [3.05, 3.63) is 96.1 Å². The van der Waals surface area contributed by atoms with Crippen LogP contribution in [0.1, 0.15) is 30.9 Å². The monoisotopic (exact) mass is 509 g/mol. The number of aliphatic hydroxyl groups is 1. The highest BCUT2D eigenvalue weighted by Crippen LogP contribution is 2.25. The van der Waals surface area contributed by atoms with Crippen LogP contribution in [-0.4, -0.2) is 43.9 Å². The van der Waals surface area contributed by atoms with Crippen LogP contribution in [0.15, 0.2) is 89.8 Å². The number of aliphatic carboxylic acids is 1. The first kappa shape index (κ1) is 27.0. The van der Waals surface area contributed by atoms with E-state index in [9.17, 15) is 18.3 Å². The molecule has 0 aliphatic carbocycles. The van der Waals surface area contributed by atoms with E-state index < -0.39 is 22.1 Å². The number of nitrogens with zero attached hydrogens (tertiary/aromatic N) is 1.